The lowest BCUT2D eigenvalue weighted by molar-refractivity contribution is -0.123. The molecule has 130 valence electrons. The Morgan fingerprint density at radius 2 is 1.83 bits per heavy atom. The monoisotopic (exact) mass is 343 g/mol. The van der Waals surface area contributed by atoms with Gasteiger partial charge in [0.25, 0.3) is 16.1 Å². The predicted octanol–water partition coefficient (Wildman–Crippen LogP) is 0.530. The van der Waals surface area contributed by atoms with Crippen LogP contribution in [0.15, 0.2) is 24.3 Å². The zero-order valence-corrected chi connectivity index (χ0v) is 14.6. The fraction of sp³-hybridized carbons (Fsp3) is 0.533. The number of benzene rings is 1. The van der Waals surface area contributed by atoms with Gasteiger partial charge in [-0.2, -0.15) is 12.7 Å². The molecule has 0 fully saturated rings. The fourth-order valence-electron chi connectivity index (χ4n) is 1.75. The average Bonchev–Trinajstić information content (AvgIpc) is 2.51. The van der Waals surface area contributed by atoms with Crippen molar-refractivity contribution in [2.75, 3.05) is 33.8 Å². The van der Waals surface area contributed by atoms with E-state index in [0.717, 1.165) is 17.1 Å². The van der Waals surface area contributed by atoms with Crippen molar-refractivity contribution in [1.82, 2.24) is 14.3 Å². The lowest BCUT2D eigenvalue weighted by Crippen LogP contribution is -2.41. The smallest absolute Gasteiger partial charge is 0.278 e. The number of ether oxygens (including phenoxy) is 1. The molecule has 0 aliphatic carbocycles. The van der Waals surface area contributed by atoms with Gasteiger partial charge in [-0.15, -0.1) is 0 Å². The van der Waals surface area contributed by atoms with Crippen LogP contribution in [0.5, 0.6) is 5.75 Å². The van der Waals surface area contributed by atoms with E-state index in [9.17, 15) is 13.2 Å². The Hall–Kier alpha value is -1.64. The number of nitrogens with zero attached hydrogens (tertiary/aromatic N) is 1. The van der Waals surface area contributed by atoms with Crippen LogP contribution < -0.4 is 14.8 Å². The highest BCUT2D eigenvalue weighted by Gasteiger charge is 2.11. The van der Waals surface area contributed by atoms with Crippen LogP contribution in [0.3, 0.4) is 0 Å². The SMILES string of the molecule is CCCc1ccc(OCC(=O)NCCNS(=O)(=O)N(C)C)cc1. The summed E-state index contributed by atoms with van der Waals surface area (Å²) in [6.45, 7) is 2.34. The van der Waals surface area contributed by atoms with Gasteiger partial charge in [-0.25, -0.2) is 4.72 Å². The van der Waals surface area contributed by atoms with Gasteiger partial charge in [-0.1, -0.05) is 25.5 Å². The van der Waals surface area contributed by atoms with Gasteiger partial charge in [0.15, 0.2) is 6.61 Å². The number of carbonyl (C=O) groups excluding carboxylic acids is 1. The predicted molar refractivity (Wildman–Crippen MR) is 89.6 cm³/mol. The highest BCUT2D eigenvalue weighted by Crippen LogP contribution is 2.13. The second-order valence-corrected chi connectivity index (χ2v) is 7.18. The van der Waals surface area contributed by atoms with Crippen LogP contribution in [0.4, 0.5) is 0 Å². The Kier molecular flexibility index (Phi) is 8.01. The molecule has 0 unspecified atom stereocenters. The fourth-order valence-corrected chi connectivity index (χ4v) is 2.37. The first-order valence-corrected chi connectivity index (χ1v) is 8.94. The normalized spacial score (nSPS) is 11.5. The molecule has 0 bridgehead atoms. The van der Waals surface area contributed by atoms with Crippen LogP contribution in [-0.4, -0.2) is 52.4 Å². The number of nitrogens with one attached hydrogen (secondary N) is 2. The van der Waals surface area contributed by atoms with E-state index in [1.807, 2.05) is 24.3 Å². The van der Waals surface area contributed by atoms with Crippen LogP contribution >= 0.6 is 0 Å². The number of carbonyl (C=O) groups is 1. The van der Waals surface area contributed by atoms with Gasteiger partial charge in [0, 0.05) is 27.2 Å². The van der Waals surface area contributed by atoms with Crippen molar-refractivity contribution in [3.05, 3.63) is 29.8 Å². The molecule has 0 atom stereocenters. The van der Waals surface area contributed by atoms with E-state index in [4.69, 9.17) is 4.74 Å². The second kappa shape index (κ2) is 9.49. The average molecular weight is 343 g/mol. The highest BCUT2D eigenvalue weighted by molar-refractivity contribution is 7.87. The van der Waals surface area contributed by atoms with E-state index in [1.54, 1.807) is 0 Å². The summed E-state index contributed by atoms with van der Waals surface area (Å²) in [6, 6.07) is 7.63. The molecule has 0 aliphatic rings. The molecule has 0 radical (unpaired) electrons. The summed E-state index contributed by atoms with van der Waals surface area (Å²) >= 11 is 0. The Bertz CT molecular complexity index is 585. The molecule has 0 aliphatic heterocycles. The second-order valence-electron chi connectivity index (χ2n) is 5.21. The lowest BCUT2D eigenvalue weighted by Gasteiger charge is -2.12. The Balaban J connectivity index is 2.24. The first kappa shape index (κ1) is 19.4. The van der Waals surface area contributed by atoms with Gasteiger partial charge in [0.05, 0.1) is 0 Å². The molecule has 0 saturated carbocycles. The van der Waals surface area contributed by atoms with Gasteiger partial charge in [0.1, 0.15) is 5.75 Å². The zero-order chi connectivity index (χ0) is 17.3. The molecular weight excluding hydrogens is 318 g/mol. The molecule has 1 rings (SSSR count). The number of aryl methyl sites for hydroxylation is 1. The van der Waals surface area contributed by atoms with Crippen LogP contribution in [-0.2, 0) is 21.4 Å². The van der Waals surface area contributed by atoms with E-state index in [2.05, 4.69) is 17.0 Å². The largest absolute Gasteiger partial charge is 0.484 e. The summed E-state index contributed by atoms with van der Waals surface area (Å²) in [5.74, 6) is 0.333. The summed E-state index contributed by atoms with van der Waals surface area (Å²) in [5.41, 5.74) is 1.23. The maximum Gasteiger partial charge on any atom is 0.278 e. The number of hydrogen-bond donors (Lipinski definition) is 2. The van der Waals surface area contributed by atoms with Crippen molar-refractivity contribution in [1.29, 1.82) is 0 Å². The summed E-state index contributed by atoms with van der Waals surface area (Å²) in [7, 11) is -0.597. The van der Waals surface area contributed by atoms with Gasteiger partial charge < -0.3 is 10.1 Å². The molecule has 23 heavy (non-hydrogen) atoms. The molecule has 7 nitrogen and oxygen atoms in total. The van der Waals surface area contributed by atoms with Crippen LogP contribution in [0.1, 0.15) is 18.9 Å². The standard InChI is InChI=1S/C15H25N3O4S/c1-4-5-13-6-8-14(9-7-13)22-12-15(19)16-10-11-17-23(20,21)18(2)3/h6-9,17H,4-5,10-12H2,1-3H3,(H,16,19). The van der Waals surface area contributed by atoms with Crippen molar-refractivity contribution in [3.63, 3.8) is 0 Å². The minimum absolute atomic E-state index is 0.104. The van der Waals surface area contributed by atoms with Crippen LogP contribution in [0.2, 0.25) is 0 Å². The van der Waals surface area contributed by atoms with Crippen molar-refractivity contribution in [2.24, 2.45) is 0 Å². The number of rotatable bonds is 10. The van der Waals surface area contributed by atoms with Crippen molar-refractivity contribution in [3.8, 4) is 5.75 Å². The van der Waals surface area contributed by atoms with Gasteiger partial charge in [-0.3, -0.25) is 4.79 Å². The first-order valence-electron chi connectivity index (χ1n) is 7.50. The number of hydrogen-bond acceptors (Lipinski definition) is 4. The molecular formula is C15H25N3O4S. The molecule has 2 N–H and O–H groups in total. The summed E-state index contributed by atoms with van der Waals surface area (Å²) in [5, 5.41) is 2.59. The molecule has 1 aromatic rings. The van der Waals surface area contributed by atoms with E-state index in [0.29, 0.717) is 5.75 Å². The van der Waals surface area contributed by atoms with Gasteiger partial charge in [-0.05, 0) is 24.1 Å². The van der Waals surface area contributed by atoms with Gasteiger partial charge in [0.2, 0.25) is 0 Å². The highest BCUT2D eigenvalue weighted by atomic mass is 32.2. The van der Waals surface area contributed by atoms with E-state index < -0.39 is 10.2 Å². The van der Waals surface area contributed by atoms with Crippen molar-refractivity contribution in [2.45, 2.75) is 19.8 Å². The van der Waals surface area contributed by atoms with Crippen LogP contribution in [0.25, 0.3) is 0 Å². The maximum atomic E-state index is 11.6. The summed E-state index contributed by atoms with van der Waals surface area (Å²) in [4.78, 5) is 11.6. The zero-order valence-electron chi connectivity index (χ0n) is 13.8. The maximum absolute atomic E-state index is 11.6. The first-order chi connectivity index (χ1) is 10.8. The molecule has 0 spiro atoms. The van der Waals surface area contributed by atoms with Gasteiger partial charge >= 0.3 is 0 Å². The third-order valence-corrected chi connectivity index (χ3v) is 4.57. The van der Waals surface area contributed by atoms with Crippen molar-refractivity contribution < 1.29 is 17.9 Å². The third kappa shape index (κ3) is 7.45. The number of amides is 1. The topological polar surface area (TPSA) is 87.7 Å². The van der Waals surface area contributed by atoms with Crippen LogP contribution in [0, 0.1) is 0 Å². The lowest BCUT2D eigenvalue weighted by atomic mass is 10.1. The molecule has 0 aromatic heterocycles. The Morgan fingerprint density at radius 3 is 2.39 bits per heavy atom. The Labute approximate surface area is 138 Å². The molecule has 8 heteroatoms. The molecule has 1 amide bonds. The third-order valence-electron chi connectivity index (χ3n) is 3.04. The molecule has 0 saturated heterocycles. The molecule has 1 aromatic carbocycles. The van der Waals surface area contributed by atoms with Crippen molar-refractivity contribution >= 4 is 16.1 Å². The molecule has 0 heterocycles. The summed E-state index contributed by atoms with van der Waals surface area (Å²) in [6.07, 6.45) is 2.10. The van der Waals surface area contributed by atoms with E-state index in [1.165, 1.54) is 19.7 Å². The summed E-state index contributed by atoms with van der Waals surface area (Å²) < 4.78 is 31.7. The van der Waals surface area contributed by atoms with E-state index >= 15 is 0 Å². The minimum Gasteiger partial charge on any atom is -0.484 e. The quantitative estimate of drug-likeness (QED) is 0.607. The Morgan fingerprint density at radius 1 is 1.17 bits per heavy atom. The minimum atomic E-state index is -3.46. The van der Waals surface area contributed by atoms with E-state index in [-0.39, 0.29) is 25.6 Å².